The minimum Gasteiger partial charge on any atom is -0.488 e. The molecular formula is C15H16BrNO. The van der Waals surface area contributed by atoms with Crippen molar-refractivity contribution in [3.8, 4) is 5.75 Å². The van der Waals surface area contributed by atoms with Crippen LogP contribution in [0.1, 0.15) is 11.1 Å². The van der Waals surface area contributed by atoms with Crippen LogP contribution in [0, 0.1) is 0 Å². The van der Waals surface area contributed by atoms with Crippen molar-refractivity contribution in [1.82, 2.24) is 5.32 Å². The number of halogens is 1. The zero-order valence-electron chi connectivity index (χ0n) is 10.3. The number of hydrogen-bond acceptors (Lipinski definition) is 2. The van der Waals surface area contributed by atoms with E-state index < -0.39 is 0 Å². The van der Waals surface area contributed by atoms with Gasteiger partial charge < -0.3 is 10.1 Å². The molecule has 0 aromatic heterocycles. The van der Waals surface area contributed by atoms with Gasteiger partial charge in [-0.3, -0.25) is 0 Å². The van der Waals surface area contributed by atoms with E-state index in [-0.39, 0.29) is 0 Å². The van der Waals surface area contributed by atoms with Crippen LogP contribution in [-0.4, -0.2) is 7.05 Å². The fourth-order valence-corrected chi connectivity index (χ4v) is 2.14. The molecule has 0 radical (unpaired) electrons. The summed E-state index contributed by atoms with van der Waals surface area (Å²) in [6.45, 7) is 1.73. The summed E-state index contributed by atoms with van der Waals surface area (Å²) in [7, 11) is 1.95. The van der Waals surface area contributed by atoms with Crippen molar-refractivity contribution in [2.75, 3.05) is 7.05 Å². The molecule has 1 aliphatic heterocycles. The van der Waals surface area contributed by atoms with Gasteiger partial charge in [-0.05, 0) is 30.8 Å². The lowest BCUT2D eigenvalue weighted by Crippen LogP contribution is -2.07. The molecule has 3 rings (SSSR count). The Hall–Kier alpha value is -1.32. The second-order valence-electron chi connectivity index (χ2n) is 4.06. The van der Waals surface area contributed by atoms with Crippen LogP contribution >= 0.6 is 15.9 Å². The van der Waals surface area contributed by atoms with E-state index in [0.717, 1.165) is 23.4 Å². The minimum absolute atomic E-state index is 0.802. The molecule has 2 aromatic carbocycles. The molecule has 0 amide bonds. The maximum atomic E-state index is 5.08. The second-order valence-corrected chi connectivity index (χ2v) is 4.97. The third kappa shape index (κ3) is 3.59. The van der Waals surface area contributed by atoms with Crippen LogP contribution in [0.15, 0.2) is 53.0 Å². The van der Waals surface area contributed by atoms with E-state index in [0.29, 0.717) is 0 Å². The van der Waals surface area contributed by atoms with Gasteiger partial charge in [0.1, 0.15) is 12.4 Å². The summed E-state index contributed by atoms with van der Waals surface area (Å²) in [6, 6.07) is 16.4. The summed E-state index contributed by atoms with van der Waals surface area (Å²) >= 11 is 3.40. The van der Waals surface area contributed by atoms with Gasteiger partial charge in [-0.15, -0.1) is 0 Å². The van der Waals surface area contributed by atoms with Crippen molar-refractivity contribution < 1.29 is 4.74 Å². The first-order valence-corrected chi connectivity index (χ1v) is 6.68. The molecule has 0 unspecified atom stereocenters. The lowest BCUT2D eigenvalue weighted by molar-refractivity contribution is 0.243. The van der Waals surface area contributed by atoms with Gasteiger partial charge >= 0.3 is 0 Å². The number of benzene rings is 2. The van der Waals surface area contributed by atoms with E-state index in [1.54, 1.807) is 0 Å². The predicted octanol–water partition coefficient (Wildman–Crippen LogP) is 3.75. The number of rotatable bonds is 2. The zero-order valence-corrected chi connectivity index (χ0v) is 11.9. The Morgan fingerprint density at radius 3 is 2.50 bits per heavy atom. The molecule has 0 saturated carbocycles. The van der Waals surface area contributed by atoms with Gasteiger partial charge in [0.2, 0.25) is 0 Å². The third-order valence-electron chi connectivity index (χ3n) is 2.63. The largest absolute Gasteiger partial charge is 0.488 e. The molecule has 2 nitrogen and oxygen atoms in total. The predicted molar refractivity (Wildman–Crippen MR) is 77.7 cm³/mol. The first kappa shape index (κ1) is 13.1. The topological polar surface area (TPSA) is 21.3 Å². The quantitative estimate of drug-likeness (QED) is 0.912. The average molecular weight is 306 g/mol. The Labute approximate surface area is 116 Å². The summed E-state index contributed by atoms with van der Waals surface area (Å²) in [4.78, 5) is 0. The summed E-state index contributed by atoms with van der Waals surface area (Å²) in [5.41, 5.74) is 2.63. The molecule has 2 aromatic rings. The maximum Gasteiger partial charge on any atom is 0.126 e. The number of fused-ring (bicyclic) bond motifs is 1. The summed E-state index contributed by atoms with van der Waals surface area (Å²) in [5.74, 6) is 1.05. The fourth-order valence-electron chi connectivity index (χ4n) is 1.69. The monoisotopic (exact) mass is 305 g/mol. The first-order valence-electron chi connectivity index (χ1n) is 5.89. The molecular weight excluding hydrogens is 290 g/mol. The second kappa shape index (κ2) is 6.57. The molecule has 0 bridgehead atoms. The van der Waals surface area contributed by atoms with Crippen LogP contribution in [0.2, 0.25) is 0 Å². The van der Waals surface area contributed by atoms with Gasteiger partial charge in [0, 0.05) is 16.6 Å². The Kier molecular flexibility index (Phi) is 4.79. The van der Waals surface area contributed by atoms with Crippen molar-refractivity contribution in [2.45, 2.75) is 13.2 Å². The number of hydrogen-bond donors (Lipinski definition) is 1. The molecule has 1 aliphatic rings. The molecule has 1 heterocycles. The first-order chi connectivity index (χ1) is 8.79. The molecule has 18 heavy (non-hydrogen) atoms. The van der Waals surface area contributed by atoms with Crippen LogP contribution in [0.5, 0.6) is 5.75 Å². The third-order valence-corrected chi connectivity index (χ3v) is 3.12. The van der Waals surface area contributed by atoms with Crippen LogP contribution in [-0.2, 0) is 13.2 Å². The zero-order chi connectivity index (χ0) is 12.8. The van der Waals surface area contributed by atoms with Gasteiger partial charge in [0.05, 0.1) is 0 Å². The van der Waals surface area contributed by atoms with Gasteiger partial charge in [-0.2, -0.15) is 0 Å². The van der Waals surface area contributed by atoms with E-state index in [1.165, 1.54) is 11.1 Å². The van der Waals surface area contributed by atoms with Crippen LogP contribution in [0.25, 0.3) is 0 Å². The van der Waals surface area contributed by atoms with E-state index in [2.05, 4.69) is 39.4 Å². The van der Waals surface area contributed by atoms with E-state index in [9.17, 15) is 0 Å². The van der Waals surface area contributed by atoms with Crippen LogP contribution in [0.3, 0.4) is 0 Å². The highest BCUT2D eigenvalue weighted by molar-refractivity contribution is 9.10. The number of para-hydroxylation sites is 1. The van der Waals surface area contributed by atoms with Crippen molar-refractivity contribution in [3.63, 3.8) is 0 Å². The molecule has 0 fully saturated rings. The Morgan fingerprint density at radius 2 is 2.00 bits per heavy atom. The van der Waals surface area contributed by atoms with E-state index >= 15 is 0 Å². The maximum absolute atomic E-state index is 5.08. The Morgan fingerprint density at radius 1 is 1.17 bits per heavy atom. The smallest absolute Gasteiger partial charge is 0.126 e. The summed E-state index contributed by atoms with van der Waals surface area (Å²) in [6.07, 6.45) is 0. The Balaban J connectivity index is 0.000000136. The average Bonchev–Trinajstić information content (AvgIpc) is 2.32. The highest BCUT2D eigenvalue weighted by Crippen LogP contribution is 2.27. The van der Waals surface area contributed by atoms with Crippen LogP contribution < -0.4 is 10.1 Å². The minimum atomic E-state index is 0.802. The summed E-state index contributed by atoms with van der Waals surface area (Å²) < 4.78 is 6.22. The molecule has 0 atom stereocenters. The molecule has 0 spiro atoms. The normalized spacial score (nSPS) is 11.4. The highest BCUT2D eigenvalue weighted by atomic mass is 79.9. The van der Waals surface area contributed by atoms with Crippen molar-refractivity contribution in [3.05, 3.63) is 64.1 Å². The molecule has 0 saturated heterocycles. The van der Waals surface area contributed by atoms with E-state index in [1.807, 2.05) is 37.4 Å². The molecule has 3 heteroatoms. The molecule has 1 N–H and O–H groups in total. The fraction of sp³-hybridized carbons (Fsp3) is 0.200. The number of ether oxygens (including phenoxy) is 1. The number of nitrogens with one attached hydrogen (secondary N) is 1. The van der Waals surface area contributed by atoms with Gasteiger partial charge in [0.15, 0.2) is 0 Å². The van der Waals surface area contributed by atoms with Gasteiger partial charge in [-0.1, -0.05) is 46.3 Å². The summed E-state index contributed by atoms with van der Waals surface area (Å²) in [5, 5.41) is 3.09. The molecule has 94 valence electrons. The molecule has 0 aliphatic carbocycles. The van der Waals surface area contributed by atoms with Crippen molar-refractivity contribution in [1.29, 1.82) is 0 Å². The van der Waals surface area contributed by atoms with Gasteiger partial charge in [0.25, 0.3) is 0 Å². The standard InChI is InChI=1S/C8H10BrN.C7H6O/c1-10-6-7-3-2-4-8(9)5-7;1-2-4-7-6(3-1)5-8-7/h2-5,10H,6H2,1H3;1-4H,5H2. The van der Waals surface area contributed by atoms with E-state index in [4.69, 9.17) is 4.74 Å². The lowest BCUT2D eigenvalue weighted by atomic mass is 10.1. The Bertz CT molecular complexity index is 490. The SMILES string of the molecule is CNCc1cccc(Br)c1.c1ccc2c(c1)CO2. The van der Waals surface area contributed by atoms with Crippen molar-refractivity contribution >= 4 is 15.9 Å². The highest BCUT2D eigenvalue weighted by Gasteiger charge is 2.10. The van der Waals surface area contributed by atoms with Crippen molar-refractivity contribution in [2.24, 2.45) is 0 Å². The lowest BCUT2D eigenvalue weighted by Gasteiger charge is -2.18. The van der Waals surface area contributed by atoms with Gasteiger partial charge in [-0.25, -0.2) is 0 Å². The van der Waals surface area contributed by atoms with Crippen LogP contribution in [0.4, 0.5) is 0 Å².